The molecular weight excluding hydrogens is 196 g/mol. The van der Waals surface area contributed by atoms with Crippen molar-refractivity contribution in [1.82, 2.24) is 5.32 Å². The van der Waals surface area contributed by atoms with E-state index in [1.807, 2.05) is 18.7 Å². The molecule has 0 bridgehead atoms. The average molecular weight is 216 g/mol. The van der Waals surface area contributed by atoms with Gasteiger partial charge in [0.2, 0.25) is 5.91 Å². The van der Waals surface area contributed by atoms with Gasteiger partial charge >= 0.3 is 0 Å². The Balaban J connectivity index is 2.24. The van der Waals surface area contributed by atoms with Crippen LogP contribution >= 0.6 is 11.8 Å². The van der Waals surface area contributed by atoms with Crippen molar-refractivity contribution in [2.24, 2.45) is 5.73 Å². The van der Waals surface area contributed by atoms with Crippen LogP contribution in [0.2, 0.25) is 0 Å². The quantitative estimate of drug-likeness (QED) is 0.740. The Hall–Kier alpha value is -0.220. The highest BCUT2D eigenvalue weighted by Crippen LogP contribution is 2.16. The lowest BCUT2D eigenvalue weighted by molar-refractivity contribution is -0.123. The van der Waals surface area contributed by atoms with E-state index in [1.165, 1.54) is 0 Å². The van der Waals surface area contributed by atoms with Crippen LogP contribution in [0.5, 0.6) is 0 Å². The first-order chi connectivity index (χ1) is 6.74. The van der Waals surface area contributed by atoms with Gasteiger partial charge in [0, 0.05) is 6.04 Å². The number of hydrogen-bond acceptors (Lipinski definition) is 3. The summed E-state index contributed by atoms with van der Waals surface area (Å²) in [5.41, 5.74) is 5.73. The summed E-state index contributed by atoms with van der Waals surface area (Å²) in [6.45, 7) is 2.05. The van der Waals surface area contributed by atoms with Crippen LogP contribution in [-0.2, 0) is 4.79 Å². The van der Waals surface area contributed by atoms with Crippen molar-refractivity contribution in [2.45, 2.75) is 44.7 Å². The van der Waals surface area contributed by atoms with Crippen LogP contribution in [-0.4, -0.2) is 29.5 Å². The fraction of sp³-hybridized carbons (Fsp3) is 0.900. The van der Waals surface area contributed by atoms with E-state index in [9.17, 15) is 4.79 Å². The molecule has 3 nitrogen and oxygen atoms in total. The van der Waals surface area contributed by atoms with Gasteiger partial charge < -0.3 is 11.1 Å². The summed E-state index contributed by atoms with van der Waals surface area (Å²) in [6, 6.07) is 0.0567. The summed E-state index contributed by atoms with van der Waals surface area (Å²) >= 11 is 1.96. The standard InChI is InChI=1S/C10H20N2OS/c1-2-3-9(11)10(13)12-8-4-6-14-7-5-8/h8-9H,2-7,11H2,1H3,(H,12,13). The summed E-state index contributed by atoms with van der Waals surface area (Å²) in [7, 11) is 0. The van der Waals surface area contributed by atoms with Crippen LogP contribution in [0.1, 0.15) is 32.6 Å². The minimum absolute atomic E-state index is 0.0313. The lowest BCUT2D eigenvalue weighted by Crippen LogP contribution is -2.46. The molecule has 1 amide bonds. The number of amides is 1. The van der Waals surface area contributed by atoms with Gasteiger partial charge in [-0.25, -0.2) is 0 Å². The molecule has 0 aliphatic carbocycles. The fourth-order valence-corrected chi connectivity index (χ4v) is 2.70. The summed E-state index contributed by atoms with van der Waals surface area (Å²) < 4.78 is 0. The molecule has 1 aliphatic rings. The molecule has 82 valence electrons. The molecule has 4 heteroatoms. The minimum atomic E-state index is -0.311. The van der Waals surface area contributed by atoms with E-state index in [1.54, 1.807) is 0 Å². The average Bonchev–Trinajstić information content (AvgIpc) is 2.19. The van der Waals surface area contributed by atoms with Gasteiger partial charge in [-0.2, -0.15) is 11.8 Å². The number of nitrogens with one attached hydrogen (secondary N) is 1. The Morgan fingerprint density at radius 3 is 2.79 bits per heavy atom. The Morgan fingerprint density at radius 1 is 1.57 bits per heavy atom. The van der Waals surface area contributed by atoms with E-state index in [2.05, 4.69) is 5.32 Å². The topological polar surface area (TPSA) is 55.1 Å². The lowest BCUT2D eigenvalue weighted by Gasteiger charge is -2.24. The number of thioether (sulfide) groups is 1. The van der Waals surface area contributed by atoms with E-state index >= 15 is 0 Å². The van der Waals surface area contributed by atoms with Crippen molar-refractivity contribution in [3.05, 3.63) is 0 Å². The zero-order chi connectivity index (χ0) is 10.4. The second-order valence-electron chi connectivity index (χ2n) is 3.79. The normalized spacial score (nSPS) is 20.4. The molecule has 0 aromatic heterocycles. The van der Waals surface area contributed by atoms with Gasteiger partial charge in [-0.15, -0.1) is 0 Å². The summed E-state index contributed by atoms with van der Waals surface area (Å²) in [6.07, 6.45) is 3.94. The van der Waals surface area contributed by atoms with Crippen LogP contribution < -0.4 is 11.1 Å². The van der Waals surface area contributed by atoms with Crippen LogP contribution in [0.3, 0.4) is 0 Å². The number of nitrogens with two attached hydrogens (primary N) is 1. The van der Waals surface area contributed by atoms with Gasteiger partial charge in [0.05, 0.1) is 6.04 Å². The third kappa shape index (κ3) is 3.88. The third-order valence-electron chi connectivity index (χ3n) is 2.50. The number of rotatable bonds is 4. The molecule has 1 aliphatic heterocycles. The van der Waals surface area contributed by atoms with E-state index in [0.717, 1.165) is 37.2 Å². The van der Waals surface area contributed by atoms with Gasteiger partial charge in [0.1, 0.15) is 0 Å². The zero-order valence-corrected chi connectivity index (χ0v) is 9.61. The van der Waals surface area contributed by atoms with Crippen LogP contribution in [0, 0.1) is 0 Å². The Bertz CT molecular complexity index is 181. The zero-order valence-electron chi connectivity index (χ0n) is 8.79. The maximum atomic E-state index is 11.6. The molecule has 3 N–H and O–H groups in total. The molecule has 1 unspecified atom stereocenters. The molecule has 1 saturated heterocycles. The molecule has 1 atom stereocenters. The van der Waals surface area contributed by atoms with Gasteiger partial charge in [-0.3, -0.25) is 4.79 Å². The predicted molar refractivity (Wildman–Crippen MR) is 61.4 cm³/mol. The number of carbonyl (C=O) groups excluding carboxylic acids is 1. The SMILES string of the molecule is CCCC(N)C(=O)NC1CCSCC1. The molecule has 0 radical (unpaired) electrons. The third-order valence-corrected chi connectivity index (χ3v) is 3.55. The van der Waals surface area contributed by atoms with E-state index in [-0.39, 0.29) is 11.9 Å². The molecule has 1 rings (SSSR count). The molecule has 0 aromatic rings. The summed E-state index contributed by atoms with van der Waals surface area (Å²) in [5.74, 6) is 2.35. The van der Waals surface area contributed by atoms with Gasteiger partial charge in [-0.05, 0) is 30.8 Å². The van der Waals surface area contributed by atoms with Crippen molar-refractivity contribution in [3.63, 3.8) is 0 Å². The van der Waals surface area contributed by atoms with E-state index in [0.29, 0.717) is 6.04 Å². The second kappa shape index (κ2) is 6.30. The van der Waals surface area contributed by atoms with E-state index < -0.39 is 0 Å². The summed E-state index contributed by atoms with van der Waals surface area (Å²) in [4.78, 5) is 11.6. The predicted octanol–water partition coefficient (Wildman–Crippen LogP) is 1.13. The van der Waals surface area contributed by atoms with Crippen molar-refractivity contribution in [1.29, 1.82) is 0 Å². The fourth-order valence-electron chi connectivity index (χ4n) is 1.59. The Labute approximate surface area is 90.2 Å². The van der Waals surface area contributed by atoms with Gasteiger partial charge in [0.15, 0.2) is 0 Å². The van der Waals surface area contributed by atoms with E-state index in [4.69, 9.17) is 5.73 Å². The lowest BCUT2D eigenvalue weighted by atomic mass is 10.1. The highest BCUT2D eigenvalue weighted by atomic mass is 32.2. The van der Waals surface area contributed by atoms with Crippen molar-refractivity contribution in [3.8, 4) is 0 Å². The maximum Gasteiger partial charge on any atom is 0.237 e. The molecule has 0 aromatic carbocycles. The molecule has 1 heterocycles. The van der Waals surface area contributed by atoms with Crippen LogP contribution in [0.15, 0.2) is 0 Å². The first-order valence-corrected chi connectivity index (χ1v) is 6.53. The number of hydrogen-bond donors (Lipinski definition) is 2. The maximum absolute atomic E-state index is 11.6. The molecule has 1 fully saturated rings. The Morgan fingerprint density at radius 2 is 2.21 bits per heavy atom. The second-order valence-corrected chi connectivity index (χ2v) is 5.02. The van der Waals surface area contributed by atoms with Gasteiger partial charge in [0.25, 0.3) is 0 Å². The highest BCUT2D eigenvalue weighted by molar-refractivity contribution is 7.99. The monoisotopic (exact) mass is 216 g/mol. The smallest absolute Gasteiger partial charge is 0.237 e. The van der Waals surface area contributed by atoms with Crippen LogP contribution in [0.25, 0.3) is 0 Å². The minimum Gasteiger partial charge on any atom is -0.352 e. The molecule has 14 heavy (non-hydrogen) atoms. The molecule has 0 spiro atoms. The largest absolute Gasteiger partial charge is 0.352 e. The van der Waals surface area contributed by atoms with Crippen molar-refractivity contribution >= 4 is 17.7 Å². The molecule has 0 saturated carbocycles. The molecular formula is C10H20N2OS. The first-order valence-electron chi connectivity index (χ1n) is 5.37. The van der Waals surface area contributed by atoms with Crippen molar-refractivity contribution in [2.75, 3.05) is 11.5 Å². The Kier molecular flexibility index (Phi) is 5.33. The van der Waals surface area contributed by atoms with Gasteiger partial charge in [-0.1, -0.05) is 13.3 Å². The highest BCUT2D eigenvalue weighted by Gasteiger charge is 2.19. The summed E-state index contributed by atoms with van der Waals surface area (Å²) in [5, 5.41) is 3.03. The number of carbonyl (C=O) groups is 1. The first kappa shape index (κ1) is 11.9. The van der Waals surface area contributed by atoms with Crippen LogP contribution in [0.4, 0.5) is 0 Å². The van der Waals surface area contributed by atoms with Crippen molar-refractivity contribution < 1.29 is 4.79 Å².